The van der Waals surface area contributed by atoms with Crippen LogP contribution in [0.2, 0.25) is 0 Å². The fourth-order valence-electron chi connectivity index (χ4n) is 9.25. The summed E-state index contributed by atoms with van der Waals surface area (Å²) in [4.78, 5) is 85.9. The van der Waals surface area contributed by atoms with Gasteiger partial charge in [0.2, 0.25) is 113 Å². The first-order valence-corrected chi connectivity index (χ1v) is 34.4. The second kappa shape index (κ2) is 48.8. The van der Waals surface area contributed by atoms with Gasteiger partial charge in [0.05, 0.1) is 0 Å². The zero-order valence-corrected chi connectivity index (χ0v) is 57.7. The summed E-state index contributed by atoms with van der Waals surface area (Å²) < 4.78 is 0. The first-order valence-electron chi connectivity index (χ1n) is 34.4. The van der Waals surface area contributed by atoms with Crippen LogP contribution in [0.25, 0.3) is 0 Å². The summed E-state index contributed by atoms with van der Waals surface area (Å²) in [5.41, 5.74) is 56.1. The van der Waals surface area contributed by atoms with E-state index in [-0.39, 0.29) is 79.3 Å². The number of anilines is 19. The van der Waals surface area contributed by atoms with Gasteiger partial charge in [0.15, 0.2) is 0 Å². The molecule has 0 saturated carbocycles. The third-order valence-corrected chi connectivity index (χ3v) is 14.1. The monoisotopic (exact) mass is 1410 g/mol. The Labute approximate surface area is 587 Å². The summed E-state index contributed by atoms with van der Waals surface area (Å²) in [5, 5.41) is 55.1. The van der Waals surface area contributed by atoms with E-state index in [4.69, 9.17) is 72.7 Å². The maximum absolute atomic E-state index is 8.91. The van der Waals surface area contributed by atoms with Gasteiger partial charge < -0.3 is 121 Å². The van der Waals surface area contributed by atoms with Crippen molar-refractivity contribution in [2.45, 2.75) is 161 Å². The fourth-order valence-corrected chi connectivity index (χ4v) is 9.25. The molecule has 0 bridgehead atoms. The number of nitrogen functional groups attached to an aromatic ring is 10. The van der Waals surface area contributed by atoms with Gasteiger partial charge in [-0.15, -0.1) is 0 Å². The topological polar surface area (TPSA) is 700 Å². The van der Waals surface area contributed by atoms with Gasteiger partial charge in [0.25, 0.3) is 0 Å². The second-order valence-corrected chi connectivity index (χ2v) is 22.8. The van der Waals surface area contributed by atoms with E-state index in [9.17, 15) is 0 Å². The van der Waals surface area contributed by atoms with E-state index in [0.29, 0.717) is 97.9 Å². The van der Waals surface area contributed by atoms with E-state index in [1.807, 2.05) is 0 Å². The van der Waals surface area contributed by atoms with Gasteiger partial charge in [-0.1, -0.05) is 19.3 Å². The molecule has 7 rings (SSSR count). The minimum Gasteiger partial charge on any atom is -0.396 e. The number of aryl methyl sites for hydroxylation is 2. The van der Waals surface area contributed by atoms with Gasteiger partial charge >= 0.3 is 0 Å². The van der Waals surface area contributed by atoms with Gasteiger partial charge in [-0.05, 0) is 128 Å². The standard InChI is InChI=1S/C21H36N16.C21H40N12O2.C16H30N12O/c22-15-29-13(30-16(23)33-15)9-5-2-1-3-6-10-14-31-17(24)35-20(32-14)27-11-7-4-8-12-28-21-36-18(25)34-19(26)37-21;22-16-28-17(23)30-18(29-16)24-10-4-1-5-11-25-19-31-20(26-12-6-2-8-14-34)33-21(32-19)27-13-7-3-9-15-35;17-11-23-12(18)25-14(24-11)20-7-3-1-4-8-21-15-26-13(19)27-16(28-15)22-9-5-2-6-10-29/h1-12H2,(H4,22,23,29,30,33)(H3,24,27,31,32,35)(H5,25,26,28,34,36,37);34-35H,1-15H2,(H5,22,23,24,28,29,30)(H3,25,26,27,31,32,33);29H,1-10H2,(H5,17,18,20,23,24,25)(H4,19,21,22,26,27,28). The van der Waals surface area contributed by atoms with Crippen LogP contribution < -0.4 is 105 Å². The van der Waals surface area contributed by atoms with Crippen molar-refractivity contribution in [1.82, 2.24) is 105 Å². The van der Waals surface area contributed by atoms with Crippen molar-refractivity contribution in [2.75, 3.05) is 184 Å². The van der Waals surface area contributed by atoms with Gasteiger partial charge in [-0.2, -0.15) is 105 Å². The molecular formula is C58H106N40O3. The minimum absolute atomic E-state index is 0.0968. The fraction of sp³-hybridized carbons (Fsp3) is 0.638. The number of aromatic nitrogens is 21. The Balaban J connectivity index is 0.000000275. The summed E-state index contributed by atoms with van der Waals surface area (Å²) in [6, 6.07) is 0. The van der Waals surface area contributed by atoms with Crippen LogP contribution in [0, 0.1) is 0 Å². The van der Waals surface area contributed by atoms with E-state index < -0.39 is 0 Å². The predicted molar refractivity (Wildman–Crippen MR) is 394 cm³/mol. The molecule has 556 valence electrons. The number of aliphatic hydroxyl groups excluding tert-OH is 3. The van der Waals surface area contributed by atoms with Crippen LogP contribution in [0.1, 0.15) is 159 Å². The van der Waals surface area contributed by atoms with Crippen LogP contribution in [0.5, 0.6) is 0 Å². The molecule has 43 nitrogen and oxygen atoms in total. The SMILES string of the molecule is Nc1nc(N)nc(CCCCCCCc2nc(N)nc(NCCCCCNc3nc(N)nc(N)n3)n2)n1.Nc1nc(N)nc(NCCCCCNc2nc(N)nc(NCCCCCO)n2)n1.Nc1nc(N)nc(NCCCCCNc2nc(NCCCCCO)nc(NCCCCCO)n2)n1. The number of nitrogens with zero attached hydrogens (tertiary/aromatic N) is 21. The Bertz CT molecular complexity index is 3200. The Morgan fingerprint density at radius 2 is 0.327 bits per heavy atom. The number of rotatable bonds is 50. The molecule has 0 unspecified atom stereocenters. The summed E-state index contributed by atoms with van der Waals surface area (Å²) >= 11 is 0. The number of nitrogens with one attached hydrogen (secondary N) is 9. The van der Waals surface area contributed by atoms with Crippen molar-refractivity contribution < 1.29 is 15.3 Å². The maximum atomic E-state index is 8.91. The molecule has 0 aliphatic carbocycles. The largest absolute Gasteiger partial charge is 0.396 e. The molecule has 0 aromatic carbocycles. The molecule has 0 atom stereocenters. The van der Waals surface area contributed by atoms with Gasteiger partial charge in [-0.25, -0.2) is 0 Å². The van der Waals surface area contributed by atoms with Crippen LogP contribution in [0.4, 0.5) is 113 Å². The second-order valence-electron chi connectivity index (χ2n) is 22.8. The third kappa shape index (κ3) is 37.6. The molecule has 7 heterocycles. The average Bonchev–Trinajstić information content (AvgIpc) is 0.918. The lowest BCUT2D eigenvalue weighted by molar-refractivity contribution is 0.283. The number of aliphatic hydroxyl groups is 3. The highest BCUT2D eigenvalue weighted by atomic mass is 16.3. The first kappa shape index (κ1) is 80.8. The Hall–Kier alpha value is -10.8. The number of hydrogen-bond acceptors (Lipinski definition) is 43. The van der Waals surface area contributed by atoms with E-state index in [2.05, 4.69) is 153 Å². The molecule has 0 fully saturated rings. The molecule has 101 heavy (non-hydrogen) atoms. The zero-order chi connectivity index (χ0) is 72.5. The molecule has 0 aliphatic heterocycles. The third-order valence-electron chi connectivity index (χ3n) is 14.1. The van der Waals surface area contributed by atoms with E-state index in [1.54, 1.807) is 0 Å². The Morgan fingerprint density at radius 3 is 0.574 bits per heavy atom. The van der Waals surface area contributed by atoms with Crippen molar-refractivity contribution >= 4 is 113 Å². The maximum Gasteiger partial charge on any atom is 0.229 e. The average molecular weight is 1410 g/mol. The summed E-state index contributed by atoms with van der Waals surface area (Å²) in [5.74, 6) is 6.74. The molecule has 7 aromatic heterocycles. The molecular weight excluding hydrogens is 1300 g/mol. The van der Waals surface area contributed by atoms with E-state index >= 15 is 0 Å². The molecule has 0 spiro atoms. The highest BCUT2D eigenvalue weighted by molar-refractivity contribution is 5.44. The molecule has 0 radical (unpaired) electrons. The van der Waals surface area contributed by atoms with Crippen molar-refractivity contribution in [1.29, 1.82) is 0 Å². The quantitative estimate of drug-likeness (QED) is 0.0241. The molecule has 0 aliphatic rings. The molecule has 32 N–H and O–H groups in total. The van der Waals surface area contributed by atoms with Crippen LogP contribution in [0.3, 0.4) is 0 Å². The lowest BCUT2D eigenvalue weighted by Crippen LogP contribution is -2.14. The van der Waals surface area contributed by atoms with E-state index in [1.165, 1.54) is 0 Å². The van der Waals surface area contributed by atoms with E-state index in [0.717, 1.165) is 187 Å². The predicted octanol–water partition coefficient (Wildman–Crippen LogP) is 1.72. The molecule has 7 aromatic rings. The number of unbranched alkanes of at least 4 members (excludes halogenated alkanes) is 16. The van der Waals surface area contributed by atoms with Crippen molar-refractivity contribution in [2.24, 2.45) is 0 Å². The lowest BCUT2D eigenvalue weighted by atomic mass is 10.1. The normalized spacial score (nSPS) is 10.8. The molecule has 43 heteroatoms. The molecule has 0 saturated heterocycles. The molecule has 0 amide bonds. The first-order chi connectivity index (χ1) is 49.0. The van der Waals surface area contributed by atoms with Crippen molar-refractivity contribution in [3.63, 3.8) is 0 Å². The number of hydrogen-bond donors (Lipinski definition) is 22. The zero-order valence-electron chi connectivity index (χ0n) is 57.7. The van der Waals surface area contributed by atoms with Crippen molar-refractivity contribution in [3.05, 3.63) is 11.6 Å². The van der Waals surface area contributed by atoms with Gasteiger partial charge in [-0.3, -0.25) is 0 Å². The summed E-state index contributed by atoms with van der Waals surface area (Å²) in [6.45, 7) is 7.07. The van der Waals surface area contributed by atoms with Crippen LogP contribution in [-0.4, -0.2) is 199 Å². The minimum atomic E-state index is 0.0968. The van der Waals surface area contributed by atoms with Gasteiger partial charge in [0.1, 0.15) is 11.6 Å². The smallest absolute Gasteiger partial charge is 0.229 e. The van der Waals surface area contributed by atoms with Crippen molar-refractivity contribution in [3.8, 4) is 0 Å². The lowest BCUT2D eigenvalue weighted by Gasteiger charge is -2.11. The Kier molecular flexibility index (Phi) is 39.1. The number of nitrogens with two attached hydrogens (primary N) is 10. The van der Waals surface area contributed by atoms with Crippen LogP contribution >= 0.6 is 0 Å². The Morgan fingerprint density at radius 1 is 0.168 bits per heavy atom. The van der Waals surface area contributed by atoms with Crippen LogP contribution in [-0.2, 0) is 12.8 Å². The summed E-state index contributed by atoms with van der Waals surface area (Å²) in [6.07, 6.45) is 23.1. The highest BCUT2D eigenvalue weighted by Crippen LogP contribution is 2.16. The highest BCUT2D eigenvalue weighted by Gasteiger charge is 2.11. The van der Waals surface area contributed by atoms with Gasteiger partial charge in [0, 0.05) is 91.6 Å². The summed E-state index contributed by atoms with van der Waals surface area (Å²) in [7, 11) is 0. The van der Waals surface area contributed by atoms with Crippen LogP contribution in [0.15, 0.2) is 0 Å².